The van der Waals surface area contributed by atoms with E-state index in [0.29, 0.717) is 55.1 Å². The maximum Gasteiger partial charge on any atom is 0.310 e. The minimum Gasteiger partial charge on any atom is -0.494 e. The van der Waals surface area contributed by atoms with Gasteiger partial charge in [0.1, 0.15) is 10.6 Å². The van der Waals surface area contributed by atoms with Gasteiger partial charge in [-0.3, -0.25) is 9.78 Å². The molecule has 2 heterocycles. The minimum atomic E-state index is -3.84. The number of sulfone groups is 1. The Labute approximate surface area is 194 Å². The summed E-state index contributed by atoms with van der Waals surface area (Å²) in [5, 5.41) is 0.683. The molecule has 2 aromatic carbocycles. The molecule has 174 valence electrons. The molecule has 0 amide bonds. The maximum atomic E-state index is 13.7. The highest BCUT2D eigenvalue weighted by Crippen LogP contribution is 2.39. The fourth-order valence-corrected chi connectivity index (χ4v) is 5.73. The normalized spacial score (nSPS) is 16.5. The maximum absolute atomic E-state index is 13.7. The van der Waals surface area contributed by atoms with Crippen LogP contribution in [0.4, 0.5) is 5.69 Å². The number of benzene rings is 2. The largest absolute Gasteiger partial charge is 0.494 e. The number of piperidine rings is 1. The van der Waals surface area contributed by atoms with Gasteiger partial charge in [0.05, 0.1) is 35.2 Å². The van der Waals surface area contributed by atoms with E-state index >= 15 is 0 Å². The average molecular weight is 469 g/mol. The molecule has 1 atom stereocenters. The quantitative estimate of drug-likeness (QED) is 0.479. The first-order chi connectivity index (χ1) is 16.0. The van der Waals surface area contributed by atoms with Gasteiger partial charge < -0.3 is 14.4 Å². The van der Waals surface area contributed by atoms with Crippen LogP contribution < -0.4 is 9.64 Å². The predicted molar refractivity (Wildman–Crippen MR) is 126 cm³/mol. The van der Waals surface area contributed by atoms with E-state index in [2.05, 4.69) is 4.98 Å². The summed E-state index contributed by atoms with van der Waals surface area (Å²) in [4.78, 5) is 19.3. The molecule has 7 nitrogen and oxygen atoms in total. The van der Waals surface area contributed by atoms with Gasteiger partial charge in [-0.1, -0.05) is 18.2 Å². The summed E-state index contributed by atoms with van der Waals surface area (Å²) in [6, 6.07) is 13.8. The summed E-state index contributed by atoms with van der Waals surface area (Å²) in [5.41, 5.74) is 1.22. The van der Waals surface area contributed by atoms with Crippen LogP contribution >= 0.6 is 0 Å². The fourth-order valence-electron chi connectivity index (χ4n) is 4.28. The third-order valence-electron chi connectivity index (χ3n) is 5.79. The van der Waals surface area contributed by atoms with E-state index in [0.717, 1.165) is 6.42 Å². The molecule has 0 bridgehead atoms. The summed E-state index contributed by atoms with van der Waals surface area (Å²) in [7, 11) is -3.84. The van der Waals surface area contributed by atoms with Gasteiger partial charge in [-0.05, 0) is 57.0 Å². The number of hydrogen-bond donors (Lipinski definition) is 0. The highest BCUT2D eigenvalue weighted by Gasteiger charge is 2.32. The molecule has 1 aliphatic heterocycles. The summed E-state index contributed by atoms with van der Waals surface area (Å²) < 4.78 is 38.3. The smallest absolute Gasteiger partial charge is 0.310 e. The zero-order chi connectivity index (χ0) is 23.4. The van der Waals surface area contributed by atoms with E-state index in [4.69, 9.17) is 9.47 Å². The Balaban J connectivity index is 1.90. The second-order valence-electron chi connectivity index (χ2n) is 7.94. The Bertz CT molecular complexity index is 1240. The van der Waals surface area contributed by atoms with Crippen LogP contribution in [0.5, 0.6) is 5.75 Å². The Morgan fingerprint density at radius 3 is 2.64 bits per heavy atom. The van der Waals surface area contributed by atoms with Gasteiger partial charge in [0.15, 0.2) is 0 Å². The lowest BCUT2D eigenvalue weighted by Crippen LogP contribution is -2.40. The van der Waals surface area contributed by atoms with E-state index in [1.165, 1.54) is 6.20 Å². The molecule has 1 aliphatic rings. The summed E-state index contributed by atoms with van der Waals surface area (Å²) in [5.74, 6) is 0.0774. The third-order valence-corrected chi connectivity index (χ3v) is 7.56. The number of esters is 1. The summed E-state index contributed by atoms with van der Waals surface area (Å²) >= 11 is 0. The molecule has 1 saturated heterocycles. The zero-order valence-electron chi connectivity index (χ0n) is 18.9. The predicted octanol–water partition coefficient (Wildman–Crippen LogP) is 4.25. The van der Waals surface area contributed by atoms with E-state index < -0.39 is 9.84 Å². The molecular formula is C25H28N2O5S. The Morgan fingerprint density at radius 1 is 1.12 bits per heavy atom. The molecule has 3 aromatic rings. The van der Waals surface area contributed by atoms with Crippen molar-refractivity contribution in [3.05, 3.63) is 54.7 Å². The van der Waals surface area contributed by atoms with Gasteiger partial charge in [0.2, 0.25) is 9.84 Å². The molecule has 0 spiro atoms. The van der Waals surface area contributed by atoms with E-state index in [1.807, 2.05) is 30.0 Å². The van der Waals surface area contributed by atoms with E-state index in [9.17, 15) is 13.2 Å². The number of fused-ring (bicyclic) bond motifs is 1. The van der Waals surface area contributed by atoms with Crippen LogP contribution in [0.15, 0.2) is 64.5 Å². The number of ether oxygens (including phenoxy) is 2. The van der Waals surface area contributed by atoms with Crippen LogP contribution in [0, 0.1) is 5.92 Å². The first kappa shape index (κ1) is 23.0. The van der Waals surface area contributed by atoms with Crippen molar-refractivity contribution in [2.75, 3.05) is 31.2 Å². The topological polar surface area (TPSA) is 85.8 Å². The standard InChI is InChI=1S/C25H28N2O5S/c1-3-31-19-12-13-22-21(15-19)24(27-14-8-9-18(17-27)25(28)32-4-2)23(16-26-22)33(29,30)20-10-6-5-7-11-20/h5-7,10-13,15-16,18H,3-4,8-9,14,17H2,1-2H3/t18-/m0/s1. The molecule has 4 rings (SSSR count). The lowest BCUT2D eigenvalue weighted by Gasteiger charge is -2.35. The van der Waals surface area contributed by atoms with Crippen LogP contribution in [0.25, 0.3) is 10.9 Å². The average Bonchev–Trinajstić information content (AvgIpc) is 2.84. The molecule has 0 radical (unpaired) electrons. The fraction of sp³-hybridized carbons (Fsp3) is 0.360. The van der Waals surface area contributed by atoms with Crippen molar-refractivity contribution < 1.29 is 22.7 Å². The van der Waals surface area contributed by atoms with Gasteiger partial charge in [0.25, 0.3) is 0 Å². The number of pyridine rings is 1. The second-order valence-corrected chi connectivity index (χ2v) is 9.85. The Morgan fingerprint density at radius 2 is 1.91 bits per heavy atom. The van der Waals surface area contributed by atoms with Crippen molar-refractivity contribution in [2.24, 2.45) is 5.92 Å². The second kappa shape index (κ2) is 9.79. The van der Waals surface area contributed by atoms with Crippen LogP contribution in [-0.2, 0) is 19.4 Å². The van der Waals surface area contributed by atoms with Crippen LogP contribution in [0.3, 0.4) is 0 Å². The number of hydrogen-bond acceptors (Lipinski definition) is 7. The molecule has 33 heavy (non-hydrogen) atoms. The number of rotatable bonds is 7. The molecule has 0 saturated carbocycles. The SMILES string of the molecule is CCOC(=O)[C@H]1CCCN(c2c(S(=O)(=O)c3ccccc3)cnc3ccc(OCC)cc23)C1. The number of anilines is 1. The van der Waals surface area contributed by atoms with Gasteiger partial charge in [-0.15, -0.1) is 0 Å². The van der Waals surface area contributed by atoms with Gasteiger partial charge in [-0.2, -0.15) is 0 Å². The van der Waals surface area contributed by atoms with Gasteiger partial charge >= 0.3 is 5.97 Å². The van der Waals surface area contributed by atoms with Crippen molar-refractivity contribution >= 4 is 32.4 Å². The molecule has 1 aromatic heterocycles. The zero-order valence-corrected chi connectivity index (χ0v) is 19.7. The molecule has 0 N–H and O–H groups in total. The lowest BCUT2D eigenvalue weighted by atomic mass is 9.97. The van der Waals surface area contributed by atoms with Crippen molar-refractivity contribution in [2.45, 2.75) is 36.5 Å². The van der Waals surface area contributed by atoms with Crippen molar-refractivity contribution in [3.8, 4) is 5.75 Å². The molecular weight excluding hydrogens is 440 g/mol. The highest BCUT2D eigenvalue weighted by molar-refractivity contribution is 7.91. The van der Waals surface area contributed by atoms with Crippen molar-refractivity contribution in [3.63, 3.8) is 0 Å². The first-order valence-corrected chi connectivity index (χ1v) is 12.7. The van der Waals surface area contributed by atoms with E-state index in [-0.39, 0.29) is 21.7 Å². The summed E-state index contributed by atoms with van der Waals surface area (Å²) in [6.07, 6.45) is 2.89. The highest BCUT2D eigenvalue weighted by atomic mass is 32.2. The van der Waals surface area contributed by atoms with Crippen LogP contribution in [0.2, 0.25) is 0 Å². The number of nitrogens with zero attached hydrogens (tertiary/aromatic N) is 2. The molecule has 0 unspecified atom stereocenters. The first-order valence-electron chi connectivity index (χ1n) is 11.2. The number of carbonyl (C=O) groups excluding carboxylic acids is 1. The third kappa shape index (κ3) is 4.66. The van der Waals surface area contributed by atoms with Gasteiger partial charge in [-0.25, -0.2) is 8.42 Å². The van der Waals surface area contributed by atoms with E-state index in [1.54, 1.807) is 37.3 Å². The van der Waals surface area contributed by atoms with Crippen LogP contribution in [-0.4, -0.2) is 45.7 Å². The van der Waals surface area contributed by atoms with Crippen molar-refractivity contribution in [1.29, 1.82) is 0 Å². The minimum absolute atomic E-state index is 0.124. The lowest BCUT2D eigenvalue weighted by molar-refractivity contribution is -0.148. The van der Waals surface area contributed by atoms with Gasteiger partial charge in [0, 0.05) is 24.7 Å². The molecule has 8 heteroatoms. The molecule has 0 aliphatic carbocycles. The Kier molecular flexibility index (Phi) is 6.83. The number of aromatic nitrogens is 1. The summed E-state index contributed by atoms with van der Waals surface area (Å²) in [6.45, 7) is 5.51. The molecule has 1 fully saturated rings. The van der Waals surface area contributed by atoms with Crippen molar-refractivity contribution in [1.82, 2.24) is 4.98 Å². The number of carbonyl (C=O) groups is 1. The monoisotopic (exact) mass is 468 g/mol. The Hall–Kier alpha value is -3.13. The van der Waals surface area contributed by atoms with Crippen LogP contribution in [0.1, 0.15) is 26.7 Å².